The van der Waals surface area contributed by atoms with Crippen LogP contribution in [0.2, 0.25) is 0 Å². The van der Waals surface area contributed by atoms with Gasteiger partial charge in [-0.1, -0.05) is 38.5 Å². The minimum absolute atomic E-state index is 0.139. The summed E-state index contributed by atoms with van der Waals surface area (Å²) in [6.45, 7) is 7.89. The first-order valence-corrected chi connectivity index (χ1v) is 8.15. The number of amides is 2. The van der Waals surface area contributed by atoms with Gasteiger partial charge in [0.05, 0.1) is 24.5 Å². The molecule has 0 aliphatic carbocycles. The van der Waals surface area contributed by atoms with Gasteiger partial charge in [0.15, 0.2) is 0 Å². The first kappa shape index (κ1) is 18.7. The summed E-state index contributed by atoms with van der Waals surface area (Å²) >= 11 is 0. The molecule has 0 unspecified atom stereocenters. The number of rotatable bonds is 5. The Morgan fingerprint density at radius 1 is 1.16 bits per heavy atom. The van der Waals surface area contributed by atoms with E-state index in [1.807, 2.05) is 37.3 Å². The van der Waals surface area contributed by atoms with E-state index in [1.54, 1.807) is 4.68 Å². The van der Waals surface area contributed by atoms with E-state index in [0.29, 0.717) is 5.82 Å². The maximum atomic E-state index is 12.1. The van der Waals surface area contributed by atoms with Crippen LogP contribution in [0.15, 0.2) is 30.3 Å². The fraction of sp³-hybridized carbons (Fsp3) is 0.389. The van der Waals surface area contributed by atoms with Crippen molar-refractivity contribution >= 4 is 17.6 Å². The van der Waals surface area contributed by atoms with Crippen molar-refractivity contribution in [2.24, 2.45) is 5.73 Å². The van der Waals surface area contributed by atoms with Crippen LogP contribution in [0, 0.1) is 6.92 Å². The number of aromatic nitrogens is 2. The molecule has 0 spiro atoms. The summed E-state index contributed by atoms with van der Waals surface area (Å²) in [5.74, 6) is -0.158. The van der Waals surface area contributed by atoms with Gasteiger partial charge in [-0.05, 0) is 19.1 Å². The maximum absolute atomic E-state index is 12.1. The summed E-state index contributed by atoms with van der Waals surface area (Å²) < 4.78 is 1.70. The van der Waals surface area contributed by atoms with Crippen LogP contribution in [-0.4, -0.2) is 34.7 Å². The highest BCUT2D eigenvalue weighted by Crippen LogP contribution is 2.26. The van der Waals surface area contributed by atoms with Crippen LogP contribution < -0.4 is 16.4 Å². The smallest absolute Gasteiger partial charge is 0.244 e. The van der Waals surface area contributed by atoms with E-state index in [1.165, 1.54) is 0 Å². The SMILES string of the molecule is Cc1ccc(-n2nc(C(C)(C)C)cc2NC(=O)CNC(=O)CN)cc1. The molecule has 0 aliphatic rings. The van der Waals surface area contributed by atoms with Gasteiger partial charge in [0.1, 0.15) is 5.82 Å². The fourth-order valence-electron chi connectivity index (χ4n) is 2.16. The van der Waals surface area contributed by atoms with Crippen molar-refractivity contribution in [2.75, 3.05) is 18.4 Å². The molecule has 0 atom stereocenters. The molecule has 7 heteroatoms. The van der Waals surface area contributed by atoms with Gasteiger partial charge in [-0.15, -0.1) is 0 Å². The van der Waals surface area contributed by atoms with Crippen LogP contribution in [0.1, 0.15) is 32.0 Å². The molecule has 2 rings (SSSR count). The fourth-order valence-corrected chi connectivity index (χ4v) is 2.16. The number of aryl methyl sites for hydroxylation is 1. The average molecular weight is 343 g/mol. The standard InChI is InChI=1S/C18H25N5O2/c1-12-5-7-13(8-6-12)23-15(9-14(22-23)18(2,3)4)21-17(25)11-20-16(24)10-19/h5-9H,10-11,19H2,1-4H3,(H,20,24)(H,21,25). The van der Waals surface area contributed by atoms with Crippen LogP contribution in [0.3, 0.4) is 0 Å². The summed E-state index contributed by atoms with van der Waals surface area (Å²) in [4.78, 5) is 23.3. The third kappa shape index (κ3) is 4.90. The molecule has 7 nitrogen and oxygen atoms in total. The molecular weight excluding hydrogens is 318 g/mol. The molecule has 0 bridgehead atoms. The van der Waals surface area contributed by atoms with E-state index in [4.69, 9.17) is 5.73 Å². The van der Waals surface area contributed by atoms with Gasteiger partial charge >= 0.3 is 0 Å². The van der Waals surface area contributed by atoms with Gasteiger partial charge in [-0.2, -0.15) is 5.10 Å². The first-order valence-electron chi connectivity index (χ1n) is 8.15. The van der Waals surface area contributed by atoms with Crippen molar-refractivity contribution in [1.29, 1.82) is 0 Å². The average Bonchev–Trinajstić information content (AvgIpc) is 2.97. The van der Waals surface area contributed by atoms with Crippen LogP contribution >= 0.6 is 0 Å². The normalized spacial score (nSPS) is 11.2. The zero-order valence-corrected chi connectivity index (χ0v) is 15.1. The summed E-state index contributed by atoms with van der Waals surface area (Å²) in [6.07, 6.45) is 0. The molecule has 0 fully saturated rings. The number of nitrogens with one attached hydrogen (secondary N) is 2. The zero-order valence-electron chi connectivity index (χ0n) is 15.1. The van der Waals surface area contributed by atoms with E-state index in [2.05, 4.69) is 36.5 Å². The molecule has 1 aromatic heterocycles. The second-order valence-electron chi connectivity index (χ2n) is 6.94. The largest absolute Gasteiger partial charge is 0.346 e. The first-order chi connectivity index (χ1) is 11.7. The molecule has 0 aliphatic heterocycles. The molecule has 4 N–H and O–H groups in total. The molecule has 1 aromatic carbocycles. The number of carbonyl (C=O) groups is 2. The van der Waals surface area contributed by atoms with Gasteiger partial charge in [0, 0.05) is 11.5 Å². The number of anilines is 1. The van der Waals surface area contributed by atoms with E-state index >= 15 is 0 Å². The Kier molecular flexibility index (Phi) is 5.58. The highest BCUT2D eigenvalue weighted by molar-refractivity contribution is 5.94. The highest BCUT2D eigenvalue weighted by Gasteiger charge is 2.21. The maximum Gasteiger partial charge on any atom is 0.244 e. The van der Waals surface area contributed by atoms with Gasteiger partial charge in [-0.3, -0.25) is 9.59 Å². The lowest BCUT2D eigenvalue weighted by Gasteiger charge is -2.14. The Morgan fingerprint density at radius 3 is 2.36 bits per heavy atom. The molecule has 2 aromatic rings. The third-order valence-corrected chi connectivity index (χ3v) is 3.66. The zero-order chi connectivity index (χ0) is 18.6. The van der Waals surface area contributed by atoms with Crippen LogP contribution in [-0.2, 0) is 15.0 Å². The minimum atomic E-state index is -0.377. The molecule has 0 saturated carbocycles. The number of nitrogens with zero attached hydrogens (tertiary/aromatic N) is 2. The Bertz CT molecular complexity index is 757. The van der Waals surface area contributed by atoms with Crippen LogP contribution in [0.25, 0.3) is 5.69 Å². The van der Waals surface area contributed by atoms with Crippen molar-refractivity contribution in [2.45, 2.75) is 33.1 Å². The second-order valence-corrected chi connectivity index (χ2v) is 6.94. The highest BCUT2D eigenvalue weighted by atomic mass is 16.2. The molecular formula is C18H25N5O2. The number of benzene rings is 1. The Hall–Kier alpha value is -2.67. The number of hydrogen-bond donors (Lipinski definition) is 3. The van der Waals surface area contributed by atoms with Gasteiger partial charge < -0.3 is 16.4 Å². The molecule has 25 heavy (non-hydrogen) atoms. The predicted molar refractivity (Wildman–Crippen MR) is 97.7 cm³/mol. The number of carbonyl (C=O) groups excluding carboxylic acids is 2. The molecule has 0 saturated heterocycles. The minimum Gasteiger partial charge on any atom is -0.346 e. The summed E-state index contributed by atoms with van der Waals surface area (Å²) in [5, 5.41) is 9.89. The predicted octanol–water partition coefficient (Wildman–Crippen LogP) is 1.49. The van der Waals surface area contributed by atoms with E-state index in [-0.39, 0.29) is 30.3 Å². The monoisotopic (exact) mass is 343 g/mol. The Morgan fingerprint density at radius 2 is 1.80 bits per heavy atom. The van der Waals surface area contributed by atoms with E-state index in [9.17, 15) is 9.59 Å². The molecule has 0 radical (unpaired) electrons. The second kappa shape index (κ2) is 7.48. The molecule has 1 heterocycles. The summed E-state index contributed by atoms with van der Waals surface area (Å²) in [5.41, 5.74) is 7.90. The van der Waals surface area contributed by atoms with Gasteiger partial charge in [-0.25, -0.2) is 4.68 Å². The van der Waals surface area contributed by atoms with Crippen LogP contribution in [0.5, 0.6) is 0 Å². The van der Waals surface area contributed by atoms with Gasteiger partial charge in [0.2, 0.25) is 11.8 Å². The topological polar surface area (TPSA) is 102 Å². The van der Waals surface area contributed by atoms with Crippen molar-refractivity contribution in [3.05, 3.63) is 41.6 Å². The quantitative estimate of drug-likeness (QED) is 0.765. The lowest BCUT2D eigenvalue weighted by atomic mass is 9.92. The summed E-state index contributed by atoms with van der Waals surface area (Å²) in [6, 6.07) is 9.71. The van der Waals surface area contributed by atoms with E-state index < -0.39 is 0 Å². The van der Waals surface area contributed by atoms with Crippen molar-refractivity contribution < 1.29 is 9.59 Å². The Labute approximate surface area is 147 Å². The molecule has 2 amide bonds. The van der Waals surface area contributed by atoms with Crippen LogP contribution in [0.4, 0.5) is 5.82 Å². The van der Waals surface area contributed by atoms with Gasteiger partial charge in [0.25, 0.3) is 0 Å². The number of nitrogens with two attached hydrogens (primary N) is 1. The van der Waals surface area contributed by atoms with Crippen molar-refractivity contribution in [3.63, 3.8) is 0 Å². The molecule has 134 valence electrons. The number of hydrogen-bond acceptors (Lipinski definition) is 4. The lowest BCUT2D eigenvalue weighted by Crippen LogP contribution is -2.36. The lowest BCUT2D eigenvalue weighted by molar-refractivity contribution is -0.123. The van der Waals surface area contributed by atoms with Crippen molar-refractivity contribution in [3.8, 4) is 5.69 Å². The van der Waals surface area contributed by atoms with E-state index in [0.717, 1.165) is 16.9 Å². The third-order valence-electron chi connectivity index (χ3n) is 3.66. The summed E-state index contributed by atoms with van der Waals surface area (Å²) in [7, 11) is 0. The Balaban J connectivity index is 2.29. The van der Waals surface area contributed by atoms with Crippen molar-refractivity contribution in [1.82, 2.24) is 15.1 Å².